The third kappa shape index (κ3) is 27.9. The summed E-state index contributed by atoms with van der Waals surface area (Å²) in [5, 5.41) is 49.6. The zero-order valence-electron chi connectivity index (χ0n) is 34.8. The van der Waals surface area contributed by atoms with E-state index in [1.165, 1.54) is 19.3 Å². The number of phosphoric acid groups is 1. The molecule has 332 valence electrons. The fourth-order valence-corrected chi connectivity index (χ4v) is 6.86. The Bertz CT molecular complexity index is 1310. The van der Waals surface area contributed by atoms with Crippen LogP contribution in [0.2, 0.25) is 0 Å². The Morgan fingerprint density at radius 2 is 1.34 bits per heavy atom. The molecule has 14 heteroatoms. The van der Waals surface area contributed by atoms with E-state index in [1.807, 2.05) is 12.2 Å². The summed E-state index contributed by atoms with van der Waals surface area (Å²) in [6, 6.07) is 0. The van der Waals surface area contributed by atoms with Crippen molar-refractivity contribution in [3.63, 3.8) is 0 Å². The molecule has 0 heterocycles. The van der Waals surface area contributed by atoms with Crippen molar-refractivity contribution in [3.05, 3.63) is 72.9 Å². The molecule has 58 heavy (non-hydrogen) atoms. The molecule has 8 atom stereocenters. The first-order valence-electron chi connectivity index (χ1n) is 21.2. The van der Waals surface area contributed by atoms with Crippen LogP contribution in [0.3, 0.4) is 0 Å². The molecular weight excluding hydrogens is 767 g/mol. The molecule has 0 aliphatic heterocycles. The molecular formula is C44H73O13P. The number of aliphatic hydroxyl groups excluding tert-OH is 5. The van der Waals surface area contributed by atoms with Gasteiger partial charge in [0.05, 0.1) is 44.6 Å². The van der Waals surface area contributed by atoms with Gasteiger partial charge in [0.25, 0.3) is 0 Å². The zero-order valence-corrected chi connectivity index (χ0v) is 35.7. The number of esters is 2. The molecule has 0 aromatic carbocycles. The first-order valence-corrected chi connectivity index (χ1v) is 22.6. The first-order chi connectivity index (χ1) is 27.9. The van der Waals surface area contributed by atoms with Crippen molar-refractivity contribution >= 4 is 19.8 Å². The molecule has 1 aliphatic carbocycles. The van der Waals surface area contributed by atoms with Gasteiger partial charge in [-0.05, 0) is 63.7 Å². The van der Waals surface area contributed by atoms with Crippen molar-refractivity contribution in [2.75, 3.05) is 26.4 Å². The number of carbonyl (C=O) groups excluding carboxylic acids is 2. The molecule has 0 saturated heterocycles. The van der Waals surface area contributed by atoms with Crippen LogP contribution >= 0.6 is 7.82 Å². The van der Waals surface area contributed by atoms with Gasteiger partial charge in [0.2, 0.25) is 0 Å². The lowest BCUT2D eigenvalue weighted by molar-refractivity contribution is -0.160. The van der Waals surface area contributed by atoms with Crippen molar-refractivity contribution in [1.29, 1.82) is 0 Å². The minimum absolute atomic E-state index is 0.0386. The number of phosphoric ester groups is 1. The fraction of sp³-hybridized carbons (Fsp3) is 0.682. The zero-order chi connectivity index (χ0) is 42.9. The van der Waals surface area contributed by atoms with E-state index in [4.69, 9.17) is 19.1 Å². The van der Waals surface area contributed by atoms with E-state index in [9.17, 15) is 39.5 Å². The highest BCUT2D eigenvalue weighted by Crippen LogP contribution is 2.43. The second kappa shape index (κ2) is 34.0. The van der Waals surface area contributed by atoms with Crippen LogP contribution in [0.4, 0.5) is 0 Å². The largest absolute Gasteiger partial charge is 0.472 e. The molecule has 0 spiro atoms. The quantitative estimate of drug-likeness (QED) is 0.0163. The molecule has 6 N–H and O–H groups in total. The van der Waals surface area contributed by atoms with Gasteiger partial charge in [-0.25, -0.2) is 4.57 Å². The van der Waals surface area contributed by atoms with Gasteiger partial charge in [0, 0.05) is 18.8 Å². The van der Waals surface area contributed by atoms with E-state index in [-0.39, 0.29) is 31.1 Å². The first kappa shape index (κ1) is 53.3. The molecule has 1 aliphatic rings. The van der Waals surface area contributed by atoms with Crippen LogP contribution in [0.15, 0.2) is 72.9 Å². The maximum Gasteiger partial charge on any atom is 0.472 e. The molecule has 0 amide bonds. The lowest BCUT2D eigenvalue weighted by Crippen LogP contribution is -2.29. The second-order valence-corrected chi connectivity index (χ2v) is 16.1. The Kier molecular flexibility index (Phi) is 31.3. The summed E-state index contributed by atoms with van der Waals surface area (Å²) in [7, 11) is -4.72. The summed E-state index contributed by atoms with van der Waals surface area (Å²) in [4.78, 5) is 35.2. The third-order valence-corrected chi connectivity index (χ3v) is 10.4. The minimum atomic E-state index is -4.72. The van der Waals surface area contributed by atoms with Gasteiger partial charge in [0.15, 0.2) is 6.10 Å². The van der Waals surface area contributed by atoms with E-state index in [0.717, 1.165) is 44.9 Å². The van der Waals surface area contributed by atoms with Gasteiger partial charge in [-0.3, -0.25) is 18.6 Å². The molecule has 0 radical (unpaired) electrons. The maximum absolute atomic E-state index is 12.6. The van der Waals surface area contributed by atoms with Crippen LogP contribution in [0.25, 0.3) is 0 Å². The van der Waals surface area contributed by atoms with Crippen LogP contribution in [0.5, 0.6) is 0 Å². The van der Waals surface area contributed by atoms with E-state index < -0.39 is 76.7 Å². The number of unbranched alkanes of at least 4 members (excludes halogenated alkanes) is 6. The van der Waals surface area contributed by atoms with Gasteiger partial charge < -0.3 is 39.9 Å². The van der Waals surface area contributed by atoms with Crippen molar-refractivity contribution in [2.45, 2.75) is 154 Å². The normalized spacial score (nSPS) is 21.6. The molecule has 1 fully saturated rings. The summed E-state index contributed by atoms with van der Waals surface area (Å²) < 4.78 is 32.5. The van der Waals surface area contributed by atoms with Crippen LogP contribution in [-0.4, -0.2) is 99.3 Å². The van der Waals surface area contributed by atoms with E-state index >= 15 is 0 Å². The number of allylic oxidation sites excluding steroid dienone is 9. The Morgan fingerprint density at radius 1 is 0.741 bits per heavy atom. The van der Waals surface area contributed by atoms with E-state index in [2.05, 4.69) is 54.8 Å². The predicted octanol–water partition coefficient (Wildman–Crippen LogP) is 7.27. The second-order valence-electron chi connectivity index (χ2n) is 14.6. The lowest BCUT2D eigenvalue weighted by Gasteiger charge is -2.20. The number of hydrogen-bond donors (Lipinski definition) is 6. The smallest absolute Gasteiger partial charge is 0.461 e. The lowest BCUT2D eigenvalue weighted by atomic mass is 9.89. The third-order valence-electron chi connectivity index (χ3n) is 9.44. The number of rotatable bonds is 34. The van der Waals surface area contributed by atoms with Crippen LogP contribution in [-0.2, 0) is 32.7 Å². The summed E-state index contributed by atoms with van der Waals surface area (Å²) in [6.07, 6.45) is 31.5. The van der Waals surface area contributed by atoms with Crippen molar-refractivity contribution < 1.29 is 63.1 Å². The van der Waals surface area contributed by atoms with Crippen molar-refractivity contribution in [3.8, 4) is 0 Å². The molecule has 0 aromatic heterocycles. The Morgan fingerprint density at radius 3 is 1.98 bits per heavy atom. The molecule has 1 rings (SSSR count). The molecule has 0 bridgehead atoms. The van der Waals surface area contributed by atoms with Crippen molar-refractivity contribution in [2.24, 2.45) is 11.8 Å². The number of aliphatic hydroxyl groups is 5. The SMILES string of the molecule is CCCCC/C=C\C/C=C\C/C=C\C/C=C\CCCC(=O)O[C@H](COC(=O)C/C=C\C[C@H]1[C@@H](/C=C/[C@H](O)CCCCC)[C@H](O)C[C@@H]1O)COP(=O)(O)OC[C@@H](O)CO. The summed E-state index contributed by atoms with van der Waals surface area (Å²) in [6.45, 7) is 1.78. The van der Waals surface area contributed by atoms with Gasteiger partial charge in [-0.2, -0.15) is 0 Å². The van der Waals surface area contributed by atoms with E-state index in [1.54, 1.807) is 24.3 Å². The Hall–Kier alpha value is -2.71. The number of ether oxygens (including phenoxy) is 2. The Balaban J connectivity index is 2.58. The molecule has 0 aromatic rings. The summed E-state index contributed by atoms with van der Waals surface area (Å²) >= 11 is 0. The van der Waals surface area contributed by atoms with Crippen LogP contribution in [0, 0.1) is 11.8 Å². The summed E-state index contributed by atoms with van der Waals surface area (Å²) in [5.41, 5.74) is 0. The average Bonchev–Trinajstić information content (AvgIpc) is 3.47. The van der Waals surface area contributed by atoms with Crippen molar-refractivity contribution in [1.82, 2.24) is 0 Å². The maximum atomic E-state index is 12.6. The van der Waals surface area contributed by atoms with Crippen LogP contribution in [0.1, 0.15) is 123 Å². The molecule has 13 nitrogen and oxygen atoms in total. The highest BCUT2D eigenvalue weighted by Gasteiger charge is 2.39. The number of carbonyl (C=O) groups is 2. The minimum Gasteiger partial charge on any atom is -0.461 e. The van der Waals surface area contributed by atoms with Gasteiger partial charge >= 0.3 is 19.8 Å². The standard InChI is InChI=1S/C44H73O13P/c1-3-5-7-8-9-10-11-12-13-14-15-16-17-18-19-20-22-28-44(51)57-38(35-56-58(52,53)55-33-37(47)32-45)34-54-43(50)27-24-23-26-39-40(42(49)31-41(39)48)30-29-36(46)25-21-6-4-2/h9-10,12-13,15-16,18-19,23-24,29-30,36-42,45-49H,3-8,11,14,17,20-22,25-28,31-35H2,1-2H3,(H,52,53)/b10-9-,13-12-,16-15-,19-18-,24-23-,30-29+/t36-,37+,38-,39+,40-,41+,42-/m1/s1. The van der Waals surface area contributed by atoms with Gasteiger partial charge in [-0.1, -0.05) is 119 Å². The monoisotopic (exact) mass is 840 g/mol. The number of hydrogen-bond acceptors (Lipinski definition) is 12. The fourth-order valence-electron chi connectivity index (χ4n) is 6.07. The Labute approximate surface area is 346 Å². The predicted molar refractivity (Wildman–Crippen MR) is 225 cm³/mol. The van der Waals surface area contributed by atoms with E-state index in [0.29, 0.717) is 25.7 Å². The molecule has 1 saturated carbocycles. The molecule has 1 unspecified atom stereocenters. The summed E-state index contributed by atoms with van der Waals surface area (Å²) in [5.74, 6) is -1.96. The topological polar surface area (TPSA) is 210 Å². The highest BCUT2D eigenvalue weighted by atomic mass is 31.2. The van der Waals surface area contributed by atoms with Crippen LogP contribution < -0.4 is 0 Å². The highest BCUT2D eigenvalue weighted by molar-refractivity contribution is 7.47. The van der Waals surface area contributed by atoms with Gasteiger partial charge in [-0.15, -0.1) is 0 Å². The average molecular weight is 841 g/mol. The van der Waals surface area contributed by atoms with Gasteiger partial charge in [0.1, 0.15) is 12.7 Å².